The molecule has 1 unspecified atom stereocenters. The number of aliphatic carboxylic acids is 1. The van der Waals surface area contributed by atoms with Crippen molar-refractivity contribution in [3.8, 4) is 0 Å². The molecule has 6 heteroatoms. The molecule has 1 saturated heterocycles. The highest BCUT2D eigenvalue weighted by molar-refractivity contribution is 5.74. The zero-order valence-corrected chi connectivity index (χ0v) is 12.8. The van der Waals surface area contributed by atoms with Gasteiger partial charge in [0.05, 0.1) is 12.1 Å². The fourth-order valence-corrected chi connectivity index (χ4v) is 3.59. The number of carbonyl (C=O) groups excluding carboxylic acids is 1. The van der Waals surface area contributed by atoms with Crippen LogP contribution in [0, 0.1) is 5.92 Å². The number of likely N-dealkylation sites (tertiary alicyclic amines) is 1. The molecule has 6 nitrogen and oxygen atoms in total. The van der Waals surface area contributed by atoms with Gasteiger partial charge in [-0.05, 0) is 31.6 Å². The number of piperidine rings is 1. The lowest BCUT2D eigenvalue weighted by Crippen LogP contribution is -2.50. The number of carboxylic acid groups (broad SMARTS) is 1. The number of carbonyl (C=O) groups is 2. The van der Waals surface area contributed by atoms with Crippen LogP contribution in [0.15, 0.2) is 0 Å². The molecule has 2 aliphatic rings. The van der Waals surface area contributed by atoms with E-state index in [4.69, 9.17) is 5.11 Å². The Morgan fingerprint density at radius 1 is 1.29 bits per heavy atom. The first-order valence-corrected chi connectivity index (χ1v) is 7.84. The summed E-state index contributed by atoms with van der Waals surface area (Å²) in [6.45, 7) is 1.55. The zero-order valence-electron chi connectivity index (χ0n) is 12.8. The quantitative estimate of drug-likeness (QED) is 0.824. The number of nitrogens with zero attached hydrogens (tertiary/aromatic N) is 2. The number of likely N-dealkylation sites (N-methyl/N-ethyl adjacent to an activating group) is 1. The molecule has 1 saturated carbocycles. The molecule has 0 radical (unpaired) electrons. The summed E-state index contributed by atoms with van der Waals surface area (Å²) in [7, 11) is 1.72. The molecule has 0 aromatic carbocycles. The van der Waals surface area contributed by atoms with Crippen LogP contribution in [0.3, 0.4) is 0 Å². The second-order valence-electron chi connectivity index (χ2n) is 6.62. The summed E-state index contributed by atoms with van der Waals surface area (Å²) in [4.78, 5) is 26.6. The van der Waals surface area contributed by atoms with Gasteiger partial charge in [-0.15, -0.1) is 0 Å². The lowest BCUT2D eigenvalue weighted by molar-refractivity contribution is -0.138. The van der Waals surface area contributed by atoms with Crippen molar-refractivity contribution in [3.05, 3.63) is 0 Å². The van der Waals surface area contributed by atoms with E-state index in [0.29, 0.717) is 19.6 Å². The summed E-state index contributed by atoms with van der Waals surface area (Å²) < 4.78 is 0. The number of aliphatic hydroxyl groups is 1. The Bertz CT molecular complexity index is 393. The molecule has 0 bridgehead atoms. The van der Waals surface area contributed by atoms with E-state index in [1.165, 1.54) is 0 Å². The third-order valence-corrected chi connectivity index (χ3v) is 4.65. The number of amides is 2. The van der Waals surface area contributed by atoms with E-state index in [9.17, 15) is 14.7 Å². The molecule has 0 aromatic heterocycles. The Morgan fingerprint density at radius 3 is 2.57 bits per heavy atom. The van der Waals surface area contributed by atoms with Crippen molar-refractivity contribution < 1.29 is 19.8 Å². The molecule has 120 valence electrons. The smallest absolute Gasteiger partial charge is 0.319 e. The highest BCUT2D eigenvalue weighted by Gasteiger charge is 2.35. The van der Waals surface area contributed by atoms with Gasteiger partial charge in [-0.25, -0.2) is 4.79 Å². The van der Waals surface area contributed by atoms with Gasteiger partial charge in [0.25, 0.3) is 0 Å². The molecule has 1 aliphatic heterocycles. The lowest BCUT2D eigenvalue weighted by atomic mass is 9.95. The predicted molar refractivity (Wildman–Crippen MR) is 78.0 cm³/mol. The number of hydrogen-bond donors (Lipinski definition) is 2. The minimum absolute atomic E-state index is 0.0446. The van der Waals surface area contributed by atoms with Gasteiger partial charge >= 0.3 is 12.0 Å². The standard InChI is InChI=1S/C15H26N2O4/c1-16(11-15(21)6-2-3-7-15)14(20)17-8-4-5-12(10-17)9-13(18)19/h12,21H,2-11H2,1H3,(H,18,19). The fraction of sp³-hybridized carbons (Fsp3) is 0.867. The Balaban J connectivity index is 1.87. The van der Waals surface area contributed by atoms with Gasteiger partial charge < -0.3 is 20.0 Å². The topological polar surface area (TPSA) is 81.1 Å². The van der Waals surface area contributed by atoms with E-state index >= 15 is 0 Å². The number of rotatable bonds is 4. The molecule has 1 aliphatic carbocycles. The van der Waals surface area contributed by atoms with Crippen LogP contribution in [0.2, 0.25) is 0 Å². The first-order chi connectivity index (χ1) is 9.89. The average molecular weight is 298 g/mol. The molecule has 1 heterocycles. The van der Waals surface area contributed by atoms with Crippen molar-refractivity contribution in [2.75, 3.05) is 26.7 Å². The molecule has 2 N–H and O–H groups in total. The van der Waals surface area contributed by atoms with Crippen LogP contribution in [-0.4, -0.2) is 64.3 Å². The summed E-state index contributed by atoms with van der Waals surface area (Å²) >= 11 is 0. The Labute approximate surface area is 125 Å². The molecule has 2 fully saturated rings. The maximum absolute atomic E-state index is 12.5. The molecule has 2 amide bonds. The van der Waals surface area contributed by atoms with Crippen molar-refractivity contribution in [1.82, 2.24) is 9.80 Å². The van der Waals surface area contributed by atoms with Crippen molar-refractivity contribution in [3.63, 3.8) is 0 Å². The summed E-state index contributed by atoms with van der Waals surface area (Å²) in [5, 5.41) is 19.3. The maximum Gasteiger partial charge on any atom is 0.319 e. The van der Waals surface area contributed by atoms with Crippen molar-refractivity contribution in [1.29, 1.82) is 0 Å². The average Bonchev–Trinajstić information content (AvgIpc) is 2.83. The summed E-state index contributed by atoms with van der Waals surface area (Å²) in [6.07, 6.45) is 5.38. The molecule has 0 spiro atoms. The van der Waals surface area contributed by atoms with Gasteiger partial charge in [-0.1, -0.05) is 12.8 Å². The van der Waals surface area contributed by atoms with E-state index in [1.54, 1.807) is 16.8 Å². The van der Waals surface area contributed by atoms with Crippen LogP contribution < -0.4 is 0 Å². The summed E-state index contributed by atoms with van der Waals surface area (Å²) in [6, 6.07) is -0.0922. The molecule has 1 atom stereocenters. The predicted octanol–water partition coefficient (Wildman–Crippen LogP) is 1.53. The summed E-state index contributed by atoms with van der Waals surface area (Å²) in [5.74, 6) is -0.758. The number of hydrogen-bond acceptors (Lipinski definition) is 3. The van der Waals surface area contributed by atoms with Crippen molar-refractivity contribution in [2.45, 2.75) is 50.5 Å². The minimum Gasteiger partial charge on any atom is -0.481 e. The van der Waals surface area contributed by atoms with Gasteiger partial charge in [-0.3, -0.25) is 4.79 Å². The van der Waals surface area contributed by atoms with Crippen LogP contribution in [-0.2, 0) is 4.79 Å². The lowest BCUT2D eigenvalue weighted by Gasteiger charge is -2.37. The van der Waals surface area contributed by atoms with Crippen LogP contribution in [0.25, 0.3) is 0 Å². The Kier molecular flexibility index (Phi) is 5.08. The van der Waals surface area contributed by atoms with Crippen LogP contribution in [0.4, 0.5) is 4.79 Å². The van der Waals surface area contributed by atoms with Gasteiger partial charge in [0.1, 0.15) is 0 Å². The monoisotopic (exact) mass is 298 g/mol. The van der Waals surface area contributed by atoms with E-state index in [1.807, 2.05) is 0 Å². The molecular weight excluding hydrogens is 272 g/mol. The fourth-order valence-electron chi connectivity index (χ4n) is 3.59. The number of carboxylic acids is 1. The molecule has 2 rings (SSSR count). The van der Waals surface area contributed by atoms with Gasteiger partial charge in [-0.2, -0.15) is 0 Å². The second-order valence-corrected chi connectivity index (χ2v) is 6.62. The highest BCUT2D eigenvalue weighted by Crippen LogP contribution is 2.30. The molecule has 0 aromatic rings. The van der Waals surface area contributed by atoms with Gasteiger partial charge in [0.15, 0.2) is 0 Å². The van der Waals surface area contributed by atoms with Gasteiger partial charge in [0, 0.05) is 26.6 Å². The SMILES string of the molecule is CN(CC1(O)CCCC1)C(=O)N1CCCC(CC(=O)O)C1. The Hall–Kier alpha value is -1.30. The number of urea groups is 1. The summed E-state index contributed by atoms with van der Waals surface area (Å²) in [5.41, 5.74) is -0.735. The van der Waals surface area contributed by atoms with Crippen molar-refractivity contribution in [2.24, 2.45) is 5.92 Å². The third-order valence-electron chi connectivity index (χ3n) is 4.65. The van der Waals surface area contributed by atoms with E-state index < -0.39 is 11.6 Å². The first kappa shape index (κ1) is 16.1. The second kappa shape index (κ2) is 6.64. The van der Waals surface area contributed by atoms with Crippen LogP contribution in [0.1, 0.15) is 44.9 Å². The van der Waals surface area contributed by atoms with Crippen LogP contribution >= 0.6 is 0 Å². The molecular formula is C15H26N2O4. The zero-order chi connectivity index (χ0) is 15.5. The Morgan fingerprint density at radius 2 is 1.95 bits per heavy atom. The normalized spacial score (nSPS) is 24.9. The maximum atomic E-state index is 12.5. The highest BCUT2D eigenvalue weighted by atomic mass is 16.4. The minimum atomic E-state index is -0.803. The van der Waals surface area contributed by atoms with Crippen LogP contribution in [0.5, 0.6) is 0 Å². The van der Waals surface area contributed by atoms with E-state index in [2.05, 4.69) is 0 Å². The van der Waals surface area contributed by atoms with Gasteiger partial charge in [0.2, 0.25) is 0 Å². The first-order valence-electron chi connectivity index (χ1n) is 7.84. The van der Waals surface area contributed by atoms with Crippen molar-refractivity contribution >= 4 is 12.0 Å². The van der Waals surface area contributed by atoms with E-state index in [-0.39, 0.29) is 18.4 Å². The molecule has 21 heavy (non-hydrogen) atoms. The third kappa shape index (κ3) is 4.33. The van der Waals surface area contributed by atoms with E-state index in [0.717, 1.165) is 38.5 Å². The largest absolute Gasteiger partial charge is 0.481 e.